The predicted molar refractivity (Wildman–Crippen MR) is 77.7 cm³/mol. The van der Waals surface area contributed by atoms with Crippen LogP contribution in [0.5, 0.6) is 5.88 Å². The van der Waals surface area contributed by atoms with Crippen molar-refractivity contribution in [1.29, 1.82) is 0 Å². The van der Waals surface area contributed by atoms with E-state index in [1.165, 1.54) is 6.42 Å². The first-order valence-corrected chi connectivity index (χ1v) is 7.02. The molecular weight excluding hydrogens is 240 g/mol. The van der Waals surface area contributed by atoms with Gasteiger partial charge in [-0.1, -0.05) is 6.07 Å². The van der Waals surface area contributed by atoms with Crippen LogP contribution in [0.15, 0.2) is 18.2 Å². The van der Waals surface area contributed by atoms with Gasteiger partial charge in [0, 0.05) is 32.2 Å². The first-order chi connectivity index (χ1) is 9.33. The Morgan fingerprint density at radius 2 is 2.00 bits per heavy atom. The highest BCUT2D eigenvalue weighted by Gasteiger charge is 2.17. The molecule has 0 radical (unpaired) electrons. The number of nitrogens with two attached hydrogens (primary N) is 1. The van der Waals surface area contributed by atoms with E-state index in [2.05, 4.69) is 14.8 Å². The minimum Gasteiger partial charge on any atom is -0.481 e. The normalized spacial score (nSPS) is 16.6. The van der Waals surface area contributed by atoms with Crippen LogP contribution in [-0.2, 0) is 0 Å². The number of anilines is 1. The highest BCUT2D eigenvalue weighted by atomic mass is 16.5. The summed E-state index contributed by atoms with van der Waals surface area (Å²) < 4.78 is 5.17. The molecule has 5 heteroatoms. The third-order valence-corrected chi connectivity index (χ3v) is 3.54. The molecule has 1 aliphatic rings. The van der Waals surface area contributed by atoms with E-state index in [1.807, 2.05) is 18.2 Å². The minimum absolute atomic E-state index is 0.683. The largest absolute Gasteiger partial charge is 0.481 e. The van der Waals surface area contributed by atoms with Crippen molar-refractivity contribution in [2.45, 2.75) is 12.8 Å². The molecular formula is C14H24N4O. The van der Waals surface area contributed by atoms with Gasteiger partial charge in [0.25, 0.3) is 0 Å². The van der Waals surface area contributed by atoms with Crippen LogP contribution in [0.1, 0.15) is 12.8 Å². The lowest BCUT2D eigenvalue weighted by Gasteiger charge is -2.35. The molecule has 1 saturated heterocycles. The summed E-state index contributed by atoms with van der Waals surface area (Å²) in [6, 6.07) is 5.92. The lowest BCUT2D eigenvalue weighted by atomic mass is 10.2. The molecule has 0 atom stereocenters. The van der Waals surface area contributed by atoms with Crippen molar-refractivity contribution in [2.75, 3.05) is 51.3 Å². The molecule has 0 bridgehead atoms. The molecule has 0 amide bonds. The predicted octanol–water partition coefficient (Wildman–Crippen LogP) is 0.951. The Morgan fingerprint density at radius 3 is 2.68 bits per heavy atom. The van der Waals surface area contributed by atoms with E-state index in [0.717, 1.165) is 51.5 Å². The molecule has 2 heterocycles. The van der Waals surface area contributed by atoms with Crippen molar-refractivity contribution in [2.24, 2.45) is 5.73 Å². The van der Waals surface area contributed by atoms with E-state index in [9.17, 15) is 0 Å². The number of aromatic nitrogens is 1. The number of unbranched alkanes of at least 4 members (excludes halogenated alkanes) is 1. The zero-order valence-corrected chi connectivity index (χ0v) is 11.7. The molecule has 2 N–H and O–H groups in total. The van der Waals surface area contributed by atoms with Crippen LogP contribution in [0.3, 0.4) is 0 Å². The van der Waals surface area contributed by atoms with Crippen molar-refractivity contribution in [1.82, 2.24) is 9.88 Å². The van der Waals surface area contributed by atoms with E-state index in [4.69, 9.17) is 10.5 Å². The number of hydrogen-bond donors (Lipinski definition) is 1. The number of ether oxygens (including phenoxy) is 1. The second-order valence-corrected chi connectivity index (χ2v) is 4.86. The summed E-state index contributed by atoms with van der Waals surface area (Å²) in [5.74, 6) is 1.70. The van der Waals surface area contributed by atoms with Gasteiger partial charge in [0.1, 0.15) is 5.82 Å². The summed E-state index contributed by atoms with van der Waals surface area (Å²) in [6.07, 6.45) is 2.32. The SMILES string of the molecule is COc1cccc(N2CCN(CCCCN)CC2)n1. The quantitative estimate of drug-likeness (QED) is 0.775. The Kier molecular flexibility index (Phi) is 5.42. The van der Waals surface area contributed by atoms with E-state index < -0.39 is 0 Å². The molecule has 1 aromatic rings. The average molecular weight is 264 g/mol. The minimum atomic E-state index is 0.683. The molecule has 0 unspecified atom stereocenters. The second-order valence-electron chi connectivity index (χ2n) is 4.86. The Hall–Kier alpha value is -1.33. The summed E-state index contributed by atoms with van der Waals surface area (Å²) in [5, 5.41) is 0. The van der Waals surface area contributed by atoms with Crippen molar-refractivity contribution in [3.8, 4) is 5.88 Å². The second kappa shape index (κ2) is 7.31. The fourth-order valence-electron chi connectivity index (χ4n) is 2.37. The van der Waals surface area contributed by atoms with Crippen LogP contribution in [0, 0.1) is 0 Å². The maximum absolute atomic E-state index is 5.52. The molecule has 19 heavy (non-hydrogen) atoms. The van der Waals surface area contributed by atoms with Gasteiger partial charge in [-0.05, 0) is 32.0 Å². The molecule has 5 nitrogen and oxygen atoms in total. The first kappa shape index (κ1) is 14.1. The van der Waals surface area contributed by atoms with Crippen LogP contribution >= 0.6 is 0 Å². The fourth-order valence-corrected chi connectivity index (χ4v) is 2.37. The van der Waals surface area contributed by atoms with Gasteiger partial charge >= 0.3 is 0 Å². The van der Waals surface area contributed by atoms with Crippen LogP contribution in [0.4, 0.5) is 5.82 Å². The van der Waals surface area contributed by atoms with Crippen molar-refractivity contribution < 1.29 is 4.74 Å². The van der Waals surface area contributed by atoms with Gasteiger partial charge in [0.05, 0.1) is 7.11 Å². The van der Waals surface area contributed by atoms with Crippen molar-refractivity contribution in [3.05, 3.63) is 18.2 Å². The van der Waals surface area contributed by atoms with Gasteiger partial charge in [-0.3, -0.25) is 4.90 Å². The Morgan fingerprint density at radius 1 is 1.21 bits per heavy atom. The van der Waals surface area contributed by atoms with E-state index in [-0.39, 0.29) is 0 Å². The number of rotatable bonds is 6. The molecule has 0 spiro atoms. The monoisotopic (exact) mass is 264 g/mol. The lowest BCUT2D eigenvalue weighted by Crippen LogP contribution is -2.47. The Labute approximate surface area is 115 Å². The van der Waals surface area contributed by atoms with E-state index >= 15 is 0 Å². The molecule has 1 aliphatic heterocycles. The van der Waals surface area contributed by atoms with Gasteiger partial charge in [0.2, 0.25) is 5.88 Å². The lowest BCUT2D eigenvalue weighted by molar-refractivity contribution is 0.252. The van der Waals surface area contributed by atoms with Gasteiger partial charge in [-0.2, -0.15) is 4.98 Å². The summed E-state index contributed by atoms with van der Waals surface area (Å²) in [5.41, 5.74) is 5.52. The highest BCUT2D eigenvalue weighted by molar-refractivity contribution is 5.41. The van der Waals surface area contributed by atoms with Crippen LogP contribution in [0.25, 0.3) is 0 Å². The number of pyridine rings is 1. The molecule has 1 fully saturated rings. The van der Waals surface area contributed by atoms with Crippen molar-refractivity contribution in [3.63, 3.8) is 0 Å². The third kappa shape index (κ3) is 4.08. The standard InChI is InChI=1S/C14H24N4O/c1-19-14-6-4-5-13(16-14)18-11-9-17(10-12-18)8-3-2-7-15/h4-6H,2-3,7-12,15H2,1H3. The number of piperazine rings is 1. The van der Waals surface area contributed by atoms with Gasteiger partial charge in [-0.25, -0.2) is 0 Å². The third-order valence-electron chi connectivity index (χ3n) is 3.54. The summed E-state index contributed by atoms with van der Waals surface area (Å²) in [4.78, 5) is 9.31. The highest BCUT2D eigenvalue weighted by Crippen LogP contribution is 2.17. The molecule has 0 aliphatic carbocycles. The fraction of sp³-hybridized carbons (Fsp3) is 0.643. The summed E-state index contributed by atoms with van der Waals surface area (Å²) in [7, 11) is 1.65. The first-order valence-electron chi connectivity index (χ1n) is 7.02. The van der Waals surface area contributed by atoms with Crippen LogP contribution in [0.2, 0.25) is 0 Å². The molecule has 106 valence electrons. The average Bonchev–Trinajstić information content (AvgIpc) is 2.48. The van der Waals surface area contributed by atoms with Gasteiger partial charge in [-0.15, -0.1) is 0 Å². The number of hydrogen-bond acceptors (Lipinski definition) is 5. The maximum Gasteiger partial charge on any atom is 0.214 e. The van der Waals surface area contributed by atoms with Crippen LogP contribution < -0.4 is 15.4 Å². The zero-order valence-electron chi connectivity index (χ0n) is 11.7. The number of nitrogens with zero attached hydrogens (tertiary/aromatic N) is 3. The van der Waals surface area contributed by atoms with E-state index in [0.29, 0.717) is 5.88 Å². The van der Waals surface area contributed by atoms with Gasteiger partial charge < -0.3 is 15.4 Å². The summed E-state index contributed by atoms with van der Waals surface area (Å²) in [6.45, 7) is 6.22. The molecule has 2 rings (SSSR count). The maximum atomic E-state index is 5.52. The van der Waals surface area contributed by atoms with Crippen LogP contribution in [-0.4, -0.2) is 56.3 Å². The Balaban J connectivity index is 1.82. The van der Waals surface area contributed by atoms with Crippen molar-refractivity contribution >= 4 is 5.82 Å². The summed E-state index contributed by atoms with van der Waals surface area (Å²) >= 11 is 0. The number of methoxy groups -OCH3 is 1. The zero-order chi connectivity index (χ0) is 13.5. The van der Waals surface area contributed by atoms with E-state index in [1.54, 1.807) is 7.11 Å². The molecule has 0 saturated carbocycles. The molecule has 1 aromatic heterocycles. The topological polar surface area (TPSA) is 54.6 Å². The molecule has 0 aromatic carbocycles. The Bertz CT molecular complexity index is 377. The smallest absolute Gasteiger partial charge is 0.214 e. The van der Waals surface area contributed by atoms with Gasteiger partial charge in [0.15, 0.2) is 0 Å².